The van der Waals surface area contributed by atoms with Crippen LogP contribution in [-0.4, -0.2) is 77.5 Å². The zero-order valence-electron chi connectivity index (χ0n) is 23.2. The fourth-order valence-corrected chi connectivity index (χ4v) is 7.20. The lowest BCUT2D eigenvalue weighted by Crippen LogP contribution is -2.47. The number of benzene rings is 1. The minimum atomic E-state index is -3.00. The Hall–Kier alpha value is -2.63. The van der Waals surface area contributed by atoms with Crippen LogP contribution < -0.4 is 15.4 Å². The molecular formula is C29H39N5O4S2. The van der Waals surface area contributed by atoms with Crippen molar-refractivity contribution in [1.29, 1.82) is 0 Å². The van der Waals surface area contributed by atoms with Crippen molar-refractivity contribution < 1.29 is 17.9 Å². The summed E-state index contributed by atoms with van der Waals surface area (Å²) in [6.45, 7) is 1.27. The number of ketones is 1. The maximum atomic E-state index is 13.1. The van der Waals surface area contributed by atoms with Crippen molar-refractivity contribution in [2.75, 3.05) is 36.7 Å². The molecule has 1 aromatic carbocycles. The van der Waals surface area contributed by atoms with Gasteiger partial charge in [0, 0.05) is 41.2 Å². The normalized spacial score (nSPS) is 23.6. The summed E-state index contributed by atoms with van der Waals surface area (Å²) in [6.07, 6.45) is 13.3. The average Bonchev–Trinajstić information content (AvgIpc) is 3.40. The molecule has 1 aliphatic carbocycles. The monoisotopic (exact) mass is 585 g/mol. The minimum absolute atomic E-state index is 0.00974. The number of fused-ring (bicyclic) bond motifs is 1. The molecule has 40 heavy (non-hydrogen) atoms. The molecule has 5 rings (SSSR count). The highest BCUT2D eigenvalue weighted by Crippen LogP contribution is 2.31. The van der Waals surface area contributed by atoms with Crippen LogP contribution in [0.4, 0.5) is 5.95 Å². The van der Waals surface area contributed by atoms with Crippen LogP contribution in [0.25, 0.3) is 16.7 Å². The number of piperidine rings is 1. The molecule has 2 aromatic heterocycles. The van der Waals surface area contributed by atoms with E-state index in [2.05, 4.69) is 21.9 Å². The molecule has 1 saturated heterocycles. The Balaban J connectivity index is 1.19. The van der Waals surface area contributed by atoms with Crippen LogP contribution in [0.3, 0.4) is 0 Å². The number of sulfone groups is 1. The van der Waals surface area contributed by atoms with Gasteiger partial charge in [-0.15, -0.1) is 0 Å². The number of aromatic nitrogens is 3. The molecule has 1 saturated carbocycles. The largest absolute Gasteiger partial charge is 0.493 e. The van der Waals surface area contributed by atoms with E-state index in [1.807, 2.05) is 52.9 Å². The number of ether oxygens (including phenoxy) is 1. The number of rotatable bonds is 11. The van der Waals surface area contributed by atoms with E-state index in [4.69, 9.17) is 9.72 Å². The van der Waals surface area contributed by atoms with E-state index in [-0.39, 0.29) is 23.8 Å². The molecule has 11 heteroatoms. The number of nitrogens with zero attached hydrogens (tertiary/aromatic N) is 3. The summed E-state index contributed by atoms with van der Waals surface area (Å²) in [5, 5.41) is 8.48. The maximum absolute atomic E-state index is 13.1. The van der Waals surface area contributed by atoms with Crippen LogP contribution in [0, 0.1) is 5.92 Å². The van der Waals surface area contributed by atoms with Crippen LogP contribution in [0.15, 0.2) is 42.7 Å². The van der Waals surface area contributed by atoms with Gasteiger partial charge < -0.3 is 19.9 Å². The smallest absolute Gasteiger partial charge is 0.224 e. The molecule has 0 radical (unpaired) electrons. The Morgan fingerprint density at radius 3 is 2.77 bits per heavy atom. The lowest BCUT2D eigenvalue weighted by molar-refractivity contribution is -0.126. The first-order valence-corrected chi connectivity index (χ1v) is 17.5. The van der Waals surface area contributed by atoms with Gasteiger partial charge >= 0.3 is 0 Å². The van der Waals surface area contributed by atoms with E-state index in [1.54, 1.807) is 6.20 Å². The van der Waals surface area contributed by atoms with E-state index < -0.39 is 9.84 Å². The van der Waals surface area contributed by atoms with Gasteiger partial charge in [0.2, 0.25) is 5.95 Å². The number of carbonyl (C=O) groups excluding carboxylic acids is 1. The van der Waals surface area contributed by atoms with Crippen LogP contribution in [0.5, 0.6) is 5.75 Å². The van der Waals surface area contributed by atoms with Gasteiger partial charge in [0.05, 0.1) is 23.9 Å². The van der Waals surface area contributed by atoms with Gasteiger partial charge in [-0.2, -0.15) is 16.7 Å². The van der Waals surface area contributed by atoms with Gasteiger partial charge in [-0.05, 0) is 82.0 Å². The summed E-state index contributed by atoms with van der Waals surface area (Å²) >= 11 is 1.88. The van der Waals surface area contributed by atoms with Gasteiger partial charge in [0.15, 0.2) is 5.78 Å². The molecule has 2 fully saturated rings. The molecule has 2 unspecified atom stereocenters. The summed E-state index contributed by atoms with van der Waals surface area (Å²) in [5.41, 5.74) is 0.948. The maximum Gasteiger partial charge on any atom is 0.224 e. The molecule has 0 amide bonds. The summed E-state index contributed by atoms with van der Waals surface area (Å²) in [6, 6.07) is 9.94. The first-order valence-electron chi connectivity index (χ1n) is 14.1. The standard InChI is InChI=1S/C29H39N5O4S2/c1-39-22-11-14-30-24(19-22)28(35)20-7-9-21(10-8-20)32-29-31-15-12-27(33-29)34-16-13-23-25(34)5-3-6-26(23)38-17-4-18-40(2,36)37/h3,5-6,12-13,15-16,20-22,24,30H,4,7-11,14,17-19H2,1-2H3,(H,31,32,33). The molecule has 2 atom stereocenters. The van der Waals surface area contributed by atoms with E-state index in [0.29, 0.717) is 30.0 Å². The van der Waals surface area contributed by atoms with Crippen molar-refractivity contribution in [1.82, 2.24) is 19.9 Å². The van der Waals surface area contributed by atoms with Crippen molar-refractivity contribution in [3.05, 3.63) is 42.7 Å². The molecule has 1 aliphatic heterocycles. The van der Waals surface area contributed by atoms with Crippen molar-refractivity contribution >= 4 is 44.2 Å². The summed E-state index contributed by atoms with van der Waals surface area (Å²) in [4.78, 5) is 22.4. The van der Waals surface area contributed by atoms with Crippen molar-refractivity contribution in [3.63, 3.8) is 0 Å². The summed E-state index contributed by atoms with van der Waals surface area (Å²) in [7, 11) is -3.00. The zero-order valence-corrected chi connectivity index (χ0v) is 24.8. The highest BCUT2D eigenvalue weighted by Gasteiger charge is 2.33. The van der Waals surface area contributed by atoms with E-state index in [0.717, 1.165) is 67.5 Å². The lowest BCUT2D eigenvalue weighted by Gasteiger charge is -2.34. The van der Waals surface area contributed by atoms with Crippen molar-refractivity contribution in [2.45, 2.75) is 62.3 Å². The van der Waals surface area contributed by atoms with E-state index in [1.165, 1.54) is 6.26 Å². The number of thioether (sulfide) groups is 1. The molecule has 0 bridgehead atoms. The first kappa shape index (κ1) is 28.9. The fraction of sp³-hybridized carbons (Fsp3) is 0.552. The highest BCUT2D eigenvalue weighted by molar-refractivity contribution is 7.99. The molecular weight excluding hydrogens is 546 g/mol. The Kier molecular flexibility index (Phi) is 9.32. The van der Waals surface area contributed by atoms with Crippen LogP contribution in [0.2, 0.25) is 0 Å². The molecule has 2 aliphatic rings. The minimum Gasteiger partial charge on any atom is -0.493 e. The number of Topliss-reactive ketones (excluding diaryl/α,β-unsaturated/α-hetero) is 1. The number of hydrogen-bond donors (Lipinski definition) is 2. The second-order valence-corrected chi connectivity index (χ2v) is 14.3. The number of anilines is 1. The zero-order chi connectivity index (χ0) is 28.1. The SMILES string of the molecule is CSC1CCNC(C(=O)C2CCC(Nc3nccc(-n4ccc5c(OCCCS(C)(=O)=O)cccc54)n3)CC2)C1. The molecule has 3 heterocycles. The lowest BCUT2D eigenvalue weighted by atomic mass is 9.80. The first-order chi connectivity index (χ1) is 19.3. The second-order valence-electron chi connectivity index (χ2n) is 10.9. The number of carbonyl (C=O) groups is 1. The molecule has 0 spiro atoms. The quantitative estimate of drug-likeness (QED) is 0.319. The van der Waals surface area contributed by atoms with Crippen molar-refractivity contribution in [3.8, 4) is 11.6 Å². The fourth-order valence-electron chi connectivity index (χ4n) is 5.82. The molecule has 9 nitrogen and oxygen atoms in total. The van der Waals surface area contributed by atoms with Gasteiger partial charge in [-0.1, -0.05) is 6.07 Å². The third kappa shape index (κ3) is 7.16. The molecule has 2 N–H and O–H groups in total. The van der Waals surface area contributed by atoms with Crippen LogP contribution >= 0.6 is 11.8 Å². The molecule has 216 valence electrons. The Labute approximate surface area is 240 Å². The van der Waals surface area contributed by atoms with Crippen LogP contribution in [0.1, 0.15) is 44.9 Å². The average molecular weight is 586 g/mol. The number of hydrogen-bond acceptors (Lipinski definition) is 9. The van der Waals surface area contributed by atoms with Gasteiger partial charge in [-0.3, -0.25) is 4.79 Å². The topological polar surface area (TPSA) is 115 Å². The highest BCUT2D eigenvalue weighted by atomic mass is 32.2. The third-order valence-electron chi connectivity index (χ3n) is 7.99. The van der Waals surface area contributed by atoms with Gasteiger partial charge in [-0.25, -0.2) is 13.4 Å². The predicted octanol–water partition coefficient (Wildman–Crippen LogP) is 4.26. The Morgan fingerprint density at radius 2 is 2.00 bits per heavy atom. The van der Waals surface area contributed by atoms with Gasteiger partial charge in [0.1, 0.15) is 21.4 Å². The summed E-state index contributed by atoms with van der Waals surface area (Å²) in [5.74, 6) is 2.69. The second kappa shape index (κ2) is 12.9. The Morgan fingerprint density at radius 1 is 1.18 bits per heavy atom. The molecule has 3 aromatic rings. The Bertz CT molecular complexity index is 1420. The van der Waals surface area contributed by atoms with Crippen LogP contribution in [-0.2, 0) is 14.6 Å². The summed E-state index contributed by atoms with van der Waals surface area (Å²) < 4.78 is 30.7. The predicted molar refractivity (Wildman–Crippen MR) is 161 cm³/mol. The van der Waals surface area contributed by atoms with E-state index >= 15 is 0 Å². The third-order valence-corrected chi connectivity index (χ3v) is 10.1. The van der Waals surface area contributed by atoms with Crippen molar-refractivity contribution in [2.24, 2.45) is 5.92 Å². The number of nitrogens with one attached hydrogen (secondary N) is 2. The van der Waals surface area contributed by atoms with Gasteiger partial charge in [0.25, 0.3) is 0 Å². The van der Waals surface area contributed by atoms with E-state index in [9.17, 15) is 13.2 Å².